The SMILES string of the molecule is CNS(=O)(=O)c1cc(C(=O)NNC(=O)CSc2ccc(Cl)cc2)cc(C)c1C. The number of thioether (sulfide) groups is 1. The number of halogens is 1. The van der Waals surface area contributed by atoms with Crippen molar-refractivity contribution in [3.8, 4) is 0 Å². The number of hydrazine groups is 1. The quantitative estimate of drug-likeness (QED) is 0.471. The van der Waals surface area contributed by atoms with Gasteiger partial charge < -0.3 is 0 Å². The summed E-state index contributed by atoms with van der Waals surface area (Å²) >= 11 is 7.10. The third-order valence-corrected chi connectivity index (χ3v) is 6.74. The van der Waals surface area contributed by atoms with Gasteiger partial charge in [0.25, 0.3) is 5.91 Å². The number of sulfonamides is 1. The lowest BCUT2D eigenvalue weighted by molar-refractivity contribution is -0.119. The lowest BCUT2D eigenvalue weighted by Crippen LogP contribution is -2.42. The van der Waals surface area contributed by atoms with Crippen molar-refractivity contribution in [2.75, 3.05) is 12.8 Å². The zero-order valence-corrected chi connectivity index (χ0v) is 17.9. The van der Waals surface area contributed by atoms with Crippen molar-refractivity contribution < 1.29 is 18.0 Å². The van der Waals surface area contributed by atoms with Crippen LogP contribution >= 0.6 is 23.4 Å². The van der Waals surface area contributed by atoms with Crippen LogP contribution in [-0.2, 0) is 14.8 Å². The van der Waals surface area contributed by atoms with Gasteiger partial charge in [-0.25, -0.2) is 13.1 Å². The van der Waals surface area contributed by atoms with Crippen molar-refractivity contribution in [3.63, 3.8) is 0 Å². The van der Waals surface area contributed by atoms with Gasteiger partial charge >= 0.3 is 0 Å². The maximum absolute atomic E-state index is 12.3. The smallest absolute Gasteiger partial charge is 0.269 e. The molecule has 3 N–H and O–H groups in total. The van der Waals surface area contributed by atoms with Crippen LogP contribution in [0.15, 0.2) is 46.2 Å². The second-order valence-electron chi connectivity index (χ2n) is 5.87. The maximum atomic E-state index is 12.3. The van der Waals surface area contributed by atoms with Crippen LogP contribution in [0.1, 0.15) is 21.5 Å². The Bertz CT molecular complexity index is 993. The topological polar surface area (TPSA) is 104 Å². The molecule has 0 fully saturated rings. The van der Waals surface area contributed by atoms with E-state index < -0.39 is 21.8 Å². The number of hydrogen-bond donors (Lipinski definition) is 3. The summed E-state index contributed by atoms with van der Waals surface area (Å²) in [5, 5.41) is 0.606. The highest BCUT2D eigenvalue weighted by atomic mass is 35.5. The number of carbonyl (C=O) groups is 2. The Labute approximate surface area is 173 Å². The third kappa shape index (κ3) is 5.71. The van der Waals surface area contributed by atoms with E-state index >= 15 is 0 Å². The summed E-state index contributed by atoms with van der Waals surface area (Å²) in [4.78, 5) is 25.1. The van der Waals surface area contributed by atoms with Gasteiger partial charge in [0.15, 0.2) is 0 Å². The van der Waals surface area contributed by atoms with Crippen LogP contribution in [0.5, 0.6) is 0 Å². The number of carbonyl (C=O) groups excluding carboxylic acids is 2. The Morgan fingerprint density at radius 1 is 1.07 bits per heavy atom. The number of benzene rings is 2. The molecular weight excluding hydrogens is 422 g/mol. The van der Waals surface area contributed by atoms with E-state index in [4.69, 9.17) is 11.6 Å². The molecule has 0 aliphatic rings. The van der Waals surface area contributed by atoms with Gasteiger partial charge in [-0.1, -0.05) is 11.6 Å². The van der Waals surface area contributed by atoms with E-state index in [0.29, 0.717) is 16.1 Å². The van der Waals surface area contributed by atoms with Crippen molar-refractivity contribution in [1.29, 1.82) is 0 Å². The zero-order chi connectivity index (χ0) is 20.9. The molecule has 0 aliphatic carbocycles. The number of rotatable bonds is 6. The van der Waals surface area contributed by atoms with E-state index in [1.54, 1.807) is 44.2 Å². The minimum Gasteiger partial charge on any atom is -0.272 e. The van der Waals surface area contributed by atoms with E-state index in [0.717, 1.165) is 4.90 Å². The summed E-state index contributed by atoms with van der Waals surface area (Å²) in [6, 6.07) is 9.86. The lowest BCUT2D eigenvalue weighted by Gasteiger charge is -2.13. The first-order chi connectivity index (χ1) is 13.1. The number of hydrogen-bond acceptors (Lipinski definition) is 5. The molecule has 0 heterocycles. The van der Waals surface area contributed by atoms with Crippen LogP contribution in [-0.4, -0.2) is 33.0 Å². The summed E-state index contributed by atoms with van der Waals surface area (Å²) in [5.74, 6) is -0.922. The standard InChI is InChI=1S/C18H20ClN3O4S2/c1-11-8-13(9-16(12(11)2)28(25,26)20-3)18(24)22-21-17(23)10-27-15-6-4-14(19)5-7-15/h4-9,20H,10H2,1-3H3,(H,21,23)(H,22,24). The highest BCUT2D eigenvalue weighted by Crippen LogP contribution is 2.21. The van der Waals surface area contributed by atoms with Gasteiger partial charge in [0.2, 0.25) is 15.9 Å². The van der Waals surface area contributed by atoms with Gasteiger partial charge in [-0.15, -0.1) is 11.8 Å². The van der Waals surface area contributed by atoms with Crippen LogP contribution in [0, 0.1) is 13.8 Å². The van der Waals surface area contributed by atoms with Crippen LogP contribution in [0.25, 0.3) is 0 Å². The number of nitrogens with one attached hydrogen (secondary N) is 3. The van der Waals surface area contributed by atoms with Gasteiger partial charge in [-0.2, -0.15) is 0 Å². The van der Waals surface area contributed by atoms with Gasteiger partial charge in [-0.05, 0) is 68.4 Å². The highest BCUT2D eigenvalue weighted by Gasteiger charge is 2.19. The molecule has 0 atom stereocenters. The molecule has 0 unspecified atom stereocenters. The Balaban J connectivity index is 2.01. The fraction of sp³-hybridized carbons (Fsp3) is 0.222. The molecule has 10 heteroatoms. The molecule has 2 aromatic rings. The summed E-state index contributed by atoms with van der Waals surface area (Å²) in [6.07, 6.45) is 0. The van der Waals surface area contributed by atoms with Crippen LogP contribution < -0.4 is 15.6 Å². The van der Waals surface area contributed by atoms with Gasteiger partial charge in [0, 0.05) is 15.5 Å². The summed E-state index contributed by atoms with van der Waals surface area (Å²) < 4.78 is 26.5. The molecule has 0 spiro atoms. The van der Waals surface area contributed by atoms with Gasteiger partial charge in [0.05, 0.1) is 10.6 Å². The molecule has 0 saturated carbocycles. The largest absolute Gasteiger partial charge is 0.272 e. The lowest BCUT2D eigenvalue weighted by atomic mass is 10.1. The first-order valence-corrected chi connectivity index (χ1v) is 11.0. The second kappa shape index (κ2) is 9.42. The minimum absolute atomic E-state index is 0.0183. The fourth-order valence-corrected chi connectivity index (χ4v) is 4.15. The number of amides is 2. The zero-order valence-electron chi connectivity index (χ0n) is 15.5. The Kier molecular flexibility index (Phi) is 7.48. The van der Waals surface area contributed by atoms with E-state index in [1.807, 2.05) is 0 Å². The first-order valence-electron chi connectivity index (χ1n) is 8.16. The Morgan fingerprint density at radius 3 is 2.32 bits per heavy atom. The molecule has 0 bridgehead atoms. The Hall–Kier alpha value is -2.07. The summed E-state index contributed by atoms with van der Waals surface area (Å²) in [5.41, 5.74) is 5.94. The van der Waals surface area contributed by atoms with E-state index in [1.165, 1.54) is 24.9 Å². The molecule has 150 valence electrons. The van der Waals surface area contributed by atoms with E-state index in [-0.39, 0.29) is 16.2 Å². The predicted molar refractivity (Wildman–Crippen MR) is 110 cm³/mol. The van der Waals surface area contributed by atoms with Crippen LogP contribution in [0.3, 0.4) is 0 Å². The Morgan fingerprint density at radius 2 is 1.71 bits per heavy atom. The monoisotopic (exact) mass is 441 g/mol. The fourth-order valence-electron chi connectivity index (χ4n) is 2.26. The van der Waals surface area contributed by atoms with Crippen molar-refractivity contribution in [2.45, 2.75) is 23.6 Å². The van der Waals surface area contributed by atoms with Crippen LogP contribution in [0.4, 0.5) is 0 Å². The molecule has 2 rings (SSSR count). The average molecular weight is 442 g/mol. The second-order valence-corrected chi connectivity index (χ2v) is 9.21. The maximum Gasteiger partial charge on any atom is 0.269 e. The summed E-state index contributed by atoms with van der Waals surface area (Å²) in [7, 11) is -2.41. The average Bonchev–Trinajstić information content (AvgIpc) is 2.67. The van der Waals surface area contributed by atoms with Crippen molar-refractivity contribution in [3.05, 3.63) is 58.1 Å². The van der Waals surface area contributed by atoms with Crippen molar-refractivity contribution in [2.24, 2.45) is 0 Å². The number of aryl methyl sites for hydroxylation is 1. The molecule has 0 saturated heterocycles. The minimum atomic E-state index is -3.71. The van der Waals surface area contributed by atoms with Gasteiger partial charge in [0.1, 0.15) is 0 Å². The molecule has 2 amide bonds. The molecule has 28 heavy (non-hydrogen) atoms. The van der Waals surface area contributed by atoms with E-state index in [2.05, 4.69) is 15.6 Å². The van der Waals surface area contributed by atoms with Crippen molar-refractivity contribution in [1.82, 2.24) is 15.6 Å². The third-order valence-electron chi connectivity index (χ3n) is 3.94. The molecular formula is C18H20ClN3O4S2. The van der Waals surface area contributed by atoms with Gasteiger partial charge in [-0.3, -0.25) is 20.4 Å². The molecule has 2 aromatic carbocycles. The molecule has 7 nitrogen and oxygen atoms in total. The van der Waals surface area contributed by atoms with E-state index in [9.17, 15) is 18.0 Å². The predicted octanol–water partition coefficient (Wildman–Crippen LogP) is 2.42. The molecule has 0 aromatic heterocycles. The summed E-state index contributed by atoms with van der Waals surface area (Å²) in [6.45, 7) is 3.37. The first kappa shape index (κ1) is 22.2. The molecule has 0 radical (unpaired) electrons. The highest BCUT2D eigenvalue weighted by molar-refractivity contribution is 8.00. The normalized spacial score (nSPS) is 11.1. The van der Waals surface area contributed by atoms with Crippen molar-refractivity contribution >= 4 is 45.2 Å². The molecule has 0 aliphatic heterocycles. The van der Waals surface area contributed by atoms with Crippen LogP contribution in [0.2, 0.25) is 5.02 Å².